The van der Waals surface area contributed by atoms with Gasteiger partial charge in [0.15, 0.2) is 0 Å². The van der Waals surface area contributed by atoms with Gasteiger partial charge in [-0.2, -0.15) is 0 Å². The molecule has 6 heteroatoms. The van der Waals surface area contributed by atoms with Gasteiger partial charge in [-0.1, -0.05) is 29.8 Å². The van der Waals surface area contributed by atoms with E-state index < -0.39 is 0 Å². The molecular formula is C26H25ClN4O. The lowest BCUT2D eigenvalue weighted by molar-refractivity contribution is 0.315. The lowest BCUT2D eigenvalue weighted by Crippen LogP contribution is -2.31. The highest BCUT2D eigenvalue weighted by Crippen LogP contribution is 2.25. The van der Waals surface area contributed by atoms with Crippen molar-refractivity contribution >= 4 is 28.2 Å². The van der Waals surface area contributed by atoms with Gasteiger partial charge >= 0.3 is 0 Å². The largest absolute Gasteiger partial charge is 0.370 e. The van der Waals surface area contributed by atoms with E-state index in [-0.39, 0.29) is 5.56 Å². The number of hydrogen-bond donors (Lipinski definition) is 0. The number of hydrogen-bond acceptors (Lipinski definition) is 4. The summed E-state index contributed by atoms with van der Waals surface area (Å²) in [6, 6.07) is 22.1. The lowest BCUT2D eigenvalue weighted by Gasteiger charge is -2.22. The van der Waals surface area contributed by atoms with Gasteiger partial charge in [-0.3, -0.25) is 9.36 Å². The molecule has 2 heterocycles. The molecule has 1 atom stereocenters. The fourth-order valence-electron chi connectivity index (χ4n) is 4.35. The van der Waals surface area contributed by atoms with Gasteiger partial charge in [0, 0.05) is 29.8 Å². The molecule has 4 aromatic rings. The maximum absolute atomic E-state index is 13.3. The SMILES string of the molecule is CN(C)C1CCN(c2ccc(-n3cnc4ccc(-c5ccc(Cl)cc5)cc4c3=O)cc2)C1. The Morgan fingerprint density at radius 2 is 1.62 bits per heavy atom. The first-order valence-electron chi connectivity index (χ1n) is 10.8. The second-order valence-electron chi connectivity index (χ2n) is 8.53. The number of likely N-dealkylation sites (N-methyl/N-ethyl adjacent to an activating group) is 1. The van der Waals surface area contributed by atoms with Crippen molar-refractivity contribution in [2.24, 2.45) is 0 Å². The van der Waals surface area contributed by atoms with Crippen molar-refractivity contribution in [3.63, 3.8) is 0 Å². The average molecular weight is 445 g/mol. The van der Waals surface area contributed by atoms with Gasteiger partial charge in [0.1, 0.15) is 6.33 Å². The summed E-state index contributed by atoms with van der Waals surface area (Å²) in [4.78, 5) is 22.5. The van der Waals surface area contributed by atoms with Crippen LogP contribution in [-0.2, 0) is 0 Å². The first kappa shape index (κ1) is 20.7. The van der Waals surface area contributed by atoms with Crippen LogP contribution in [-0.4, -0.2) is 47.7 Å². The molecule has 1 aliphatic heterocycles. The molecule has 1 fully saturated rings. The van der Waals surface area contributed by atoms with E-state index in [2.05, 4.69) is 41.0 Å². The molecule has 5 rings (SSSR count). The zero-order valence-electron chi connectivity index (χ0n) is 18.2. The summed E-state index contributed by atoms with van der Waals surface area (Å²) in [5.74, 6) is 0. The summed E-state index contributed by atoms with van der Waals surface area (Å²) in [6.45, 7) is 2.07. The van der Waals surface area contributed by atoms with Crippen LogP contribution in [0.25, 0.3) is 27.7 Å². The van der Waals surface area contributed by atoms with E-state index in [1.54, 1.807) is 10.9 Å². The molecule has 1 saturated heterocycles. The van der Waals surface area contributed by atoms with E-state index in [9.17, 15) is 4.79 Å². The number of halogens is 1. The van der Waals surface area contributed by atoms with Crippen LogP contribution in [0.4, 0.5) is 5.69 Å². The summed E-state index contributed by atoms with van der Waals surface area (Å²) in [6.07, 6.45) is 2.78. The quantitative estimate of drug-likeness (QED) is 0.451. The minimum absolute atomic E-state index is 0.0765. The maximum atomic E-state index is 13.3. The Morgan fingerprint density at radius 3 is 2.31 bits per heavy atom. The molecule has 1 unspecified atom stereocenters. The molecule has 0 radical (unpaired) electrons. The molecule has 32 heavy (non-hydrogen) atoms. The molecule has 0 N–H and O–H groups in total. The van der Waals surface area contributed by atoms with Gasteiger partial charge in [0.25, 0.3) is 5.56 Å². The Kier molecular flexibility index (Phi) is 5.45. The topological polar surface area (TPSA) is 41.4 Å². The van der Waals surface area contributed by atoms with Gasteiger partial charge in [-0.15, -0.1) is 0 Å². The first-order valence-corrected chi connectivity index (χ1v) is 11.2. The Balaban J connectivity index is 1.47. The van der Waals surface area contributed by atoms with E-state index in [4.69, 9.17) is 11.6 Å². The Hall–Kier alpha value is -3.15. The number of anilines is 1. The molecule has 3 aromatic carbocycles. The highest BCUT2D eigenvalue weighted by atomic mass is 35.5. The van der Waals surface area contributed by atoms with Gasteiger partial charge < -0.3 is 9.80 Å². The standard InChI is InChI=1S/C26H25ClN4O/c1-29(2)23-13-14-30(16-23)21-8-10-22(11-9-21)31-17-28-25-12-5-19(15-24(25)26(31)32)18-3-6-20(27)7-4-18/h3-12,15,17,23H,13-14,16H2,1-2H3. The monoisotopic (exact) mass is 444 g/mol. The number of rotatable bonds is 4. The zero-order chi connectivity index (χ0) is 22.2. The second-order valence-corrected chi connectivity index (χ2v) is 8.96. The fraction of sp³-hybridized carbons (Fsp3) is 0.231. The van der Waals surface area contributed by atoms with Crippen LogP contribution < -0.4 is 10.5 Å². The lowest BCUT2D eigenvalue weighted by atomic mass is 10.0. The number of fused-ring (bicyclic) bond motifs is 1. The smallest absolute Gasteiger partial charge is 0.265 e. The third-order valence-electron chi connectivity index (χ3n) is 6.32. The molecule has 0 saturated carbocycles. The fourth-order valence-corrected chi connectivity index (χ4v) is 4.48. The normalized spacial score (nSPS) is 16.2. The third kappa shape index (κ3) is 3.90. The highest BCUT2D eigenvalue weighted by Gasteiger charge is 2.24. The molecular weight excluding hydrogens is 420 g/mol. The summed E-state index contributed by atoms with van der Waals surface area (Å²) in [7, 11) is 4.27. The van der Waals surface area contributed by atoms with Gasteiger partial charge in [-0.25, -0.2) is 4.98 Å². The van der Waals surface area contributed by atoms with Gasteiger partial charge in [-0.05, 0) is 80.2 Å². The van der Waals surface area contributed by atoms with E-state index in [1.807, 2.05) is 54.6 Å². The van der Waals surface area contributed by atoms with Crippen LogP contribution >= 0.6 is 11.6 Å². The van der Waals surface area contributed by atoms with Crippen LogP contribution in [0, 0.1) is 0 Å². The Labute approximate surface area is 192 Å². The number of aromatic nitrogens is 2. The van der Waals surface area contributed by atoms with Gasteiger partial charge in [0.05, 0.1) is 16.6 Å². The zero-order valence-corrected chi connectivity index (χ0v) is 19.0. The van der Waals surface area contributed by atoms with Crippen molar-refractivity contribution in [2.75, 3.05) is 32.1 Å². The first-order chi connectivity index (χ1) is 15.5. The van der Waals surface area contributed by atoms with E-state index >= 15 is 0 Å². The third-order valence-corrected chi connectivity index (χ3v) is 6.57. The molecule has 0 amide bonds. The second kappa shape index (κ2) is 8.41. The van der Waals surface area contributed by atoms with Crippen molar-refractivity contribution < 1.29 is 0 Å². The molecule has 0 bridgehead atoms. The van der Waals surface area contributed by atoms with Crippen LogP contribution in [0.5, 0.6) is 0 Å². The van der Waals surface area contributed by atoms with Crippen LogP contribution in [0.3, 0.4) is 0 Å². The van der Waals surface area contributed by atoms with Crippen LogP contribution in [0.15, 0.2) is 77.9 Å². The van der Waals surface area contributed by atoms with Crippen molar-refractivity contribution in [3.8, 4) is 16.8 Å². The number of benzene rings is 3. The van der Waals surface area contributed by atoms with Crippen LogP contribution in [0.2, 0.25) is 5.02 Å². The van der Waals surface area contributed by atoms with Crippen molar-refractivity contribution in [3.05, 3.63) is 88.4 Å². The van der Waals surface area contributed by atoms with Crippen molar-refractivity contribution in [2.45, 2.75) is 12.5 Å². The molecule has 1 aliphatic rings. The summed E-state index contributed by atoms with van der Waals surface area (Å²) >= 11 is 6.01. The summed E-state index contributed by atoms with van der Waals surface area (Å²) in [5.41, 5.74) is 4.58. The maximum Gasteiger partial charge on any atom is 0.265 e. The summed E-state index contributed by atoms with van der Waals surface area (Å²) in [5, 5.41) is 1.28. The molecule has 0 spiro atoms. The van der Waals surface area contributed by atoms with Crippen molar-refractivity contribution in [1.29, 1.82) is 0 Å². The molecule has 5 nitrogen and oxygen atoms in total. The minimum Gasteiger partial charge on any atom is -0.370 e. The molecule has 0 aliphatic carbocycles. The number of nitrogens with zero attached hydrogens (tertiary/aromatic N) is 4. The van der Waals surface area contributed by atoms with E-state index in [1.165, 1.54) is 12.1 Å². The predicted molar refractivity (Wildman–Crippen MR) is 132 cm³/mol. The van der Waals surface area contributed by atoms with E-state index in [0.717, 1.165) is 29.9 Å². The summed E-state index contributed by atoms with van der Waals surface area (Å²) < 4.78 is 1.62. The predicted octanol–water partition coefficient (Wildman–Crippen LogP) is 4.85. The highest BCUT2D eigenvalue weighted by molar-refractivity contribution is 6.30. The molecule has 1 aromatic heterocycles. The Morgan fingerprint density at radius 1 is 0.938 bits per heavy atom. The van der Waals surface area contributed by atoms with Gasteiger partial charge in [0.2, 0.25) is 0 Å². The average Bonchev–Trinajstić information content (AvgIpc) is 3.31. The van der Waals surface area contributed by atoms with E-state index in [0.29, 0.717) is 22.0 Å². The van der Waals surface area contributed by atoms with Crippen LogP contribution in [0.1, 0.15) is 6.42 Å². The Bertz CT molecular complexity index is 1310. The molecule has 162 valence electrons. The van der Waals surface area contributed by atoms with Crippen molar-refractivity contribution in [1.82, 2.24) is 14.5 Å². The minimum atomic E-state index is -0.0765.